The van der Waals surface area contributed by atoms with Crippen LogP contribution >= 0.6 is 11.3 Å². The van der Waals surface area contributed by atoms with E-state index in [1.54, 1.807) is 62.0 Å². The van der Waals surface area contributed by atoms with E-state index in [1.807, 2.05) is 61.5 Å². The summed E-state index contributed by atoms with van der Waals surface area (Å²) in [5.74, 6) is 3.33. The van der Waals surface area contributed by atoms with Gasteiger partial charge in [-0.1, -0.05) is 29.8 Å². The molecule has 4 aromatic carbocycles. The van der Waals surface area contributed by atoms with Gasteiger partial charge in [-0.2, -0.15) is 0 Å². The van der Waals surface area contributed by atoms with E-state index in [1.165, 1.54) is 0 Å². The summed E-state index contributed by atoms with van der Waals surface area (Å²) in [6.45, 7) is 1.97. The fourth-order valence-electron chi connectivity index (χ4n) is 4.15. The predicted octanol–water partition coefficient (Wildman–Crippen LogP) is 7.54. The SMILES string of the molecule is COc1ccc2c(Oc3ccc(OCCS(=O)(=O)c4ccc(C)cc4)cc3)c(-c3ccccc3OC)sc2c1. The molecule has 0 spiro atoms. The zero-order chi connectivity index (χ0) is 27.4. The van der Waals surface area contributed by atoms with Crippen LogP contribution in [0.5, 0.6) is 28.7 Å². The molecule has 0 aliphatic rings. The fourth-order valence-corrected chi connectivity index (χ4v) is 6.42. The molecule has 0 amide bonds. The van der Waals surface area contributed by atoms with Gasteiger partial charge in [-0.05, 0) is 73.7 Å². The summed E-state index contributed by atoms with van der Waals surface area (Å²) < 4.78 is 49.4. The average molecular weight is 561 g/mol. The van der Waals surface area contributed by atoms with Gasteiger partial charge in [0.2, 0.25) is 0 Å². The lowest BCUT2D eigenvalue weighted by Gasteiger charge is -2.12. The van der Waals surface area contributed by atoms with Gasteiger partial charge in [0.15, 0.2) is 15.6 Å². The summed E-state index contributed by atoms with van der Waals surface area (Å²) in [5, 5.41) is 0.961. The zero-order valence-electron chi connectivity index (χ0n) is 21.8. The number of para-hydroxylation sites is 1. The molecule has 1 aromatic heterocycles. The van der Waals surface area contributed by atoms with Gasteiger partial charge in [-0.3, -0.25) is 0 Å². The van der Waals surface area contributed by atoms with Gasteiger partial charge >= 0.3 is 0 Å². The predicted molar refractivity (Wildman–Crippen MR) is 156 cm³/mol. The molecule has 0 aliphatic carbocycles. The molecule has 200 valence electrons. The van der Waals surface area contributed by atoms with Gasteiger partial charge in [0, 0.05) is 15.6 Å². The Bertz CT molecular complexity index is 1690. The first-order valence-electron chi connectivity index (χ1n) is 12.3. The van der Waals surface area contributed by atoms with E-state index >= 15 is 0 Å². The quantitative estimate of drug-likeness (QED) is 0.176. The highest BCUT2D eigenvalue weighted by molar-refractivity contribution is 7.91. The van der Waals surface area contributed by atoms with Crippen molar-refractivity contribution in [1.82, 2.24) is 0 Å². The minimum Gasteiger partial charge on any atom is -0.497 e. The molecule has 0 atom stereocenters. The summed E-state index contributed by atoms with van der Waals surface area (Å²) in [5.41, 5.74) is 1.95. The summed E-state index contributed by atoms with van der Waals surface area (Å²) in [6, 6.07) is 27.7. The molecular formula is C31H28O6S2. The van der Waals surface area contributed by atoms with Crippen LogP contribution in [0.2, 0.25) is 0 Å². The van der Waals surface area contributed by atoms with Crippen LogP contribution in [0.25, 0.3) is 20.5 Å². The Kier molecular flexibility index (Phi) is 7.77. The van der Waals surface area contributed by atoms with Gasteiger partial charge in [-0.15, -0.1) is 11.3 Å². The van der Waals surface area contributed by atoms with Gasteiger partial charge in [0.25, 0.3) is 0 Å². The van der Waals surface area contributed by atoms with Crippen LogP contribution < -0.4 is 18.9 Å². The molecule has 1 heterocycles. The fraction of sp³-hybridized carbons (Fsp3) is 0.161. The topological polar surface area (TPSA) is 71.1 Å². The van der Waals surface area contributed by atoms with Crippen LogP contribution in [-0.4, -0.2) is 35.0 Å². The first-order valence-corrected chi connectivity index (χ1v) is 14.8. The first-order chi connectivity index (χ1) is 18.9. The lowest BCUT2D eigenvalue weighted by Crippen LogP contribution is -2.14. The number of hydrogen-bond acceptors (Lipinski definition) is 7. The largest absolute Gasteiger partial charge is 0.497 e. The highest BCUT2D eigenvalue weighted by atomic mass is 32.2. The molecule has 39 heavy (non-hydrogen) atoms. The molecule has 0 saturated carbocycles. The number of methoxy groups -OCH3 is 2. The van der Waals surface area contributed by atoms with Crippen molar-refractivity contribution in [2.24, 2.45) is 0 Å². The van der Waals surface area contributed by atoms with Crippen LogP contribution in [0, 0.1) is 6.92 Å². The maximum atomic E-state index is 12.6. The molecular weight excluding hydrogens is 532 g/mol. The molecule has 0 bridgehead atoms. The Balaban J connectivity index is 1.35. The van der Waals surface area contributed by atoms with Gasteiger partial charge < -0.3 is 18.9 Å². The number of rotatable bonds is 10. The normalized spacial score (nSPS) is 11.4. The van der Waals surface area contributed by atoms with E-state index < -0.39 is 9.84 Å². The second-order valence-electron chi connectivity index (χ2n) is 8.88. The summed E-state index contributed by atoms with van der Waals surface area (Å²) in [6.07, 6.45) is 0. The number of sulfone groups is 1. The number of thiophene rings is 1. The minimum atomic E-state index is -3.42. The second-order valence-corrected chi connectivity index (χ2v) is 12.0. The molecule has 5 aromatic rings. The van der Waals surface area contributed by atoms with Crippen molar-refractivity contribution in [2.45, 2.75) is 11.8 Å². The molecule has 0 N–H and O–H groups in total. The van der Waals surface area contributed by atoms with E-state index in [-0.39, 0.29) is 12.4 Å². The zero-order valence-corrected chi connectivity index (χ0v) is 23.5. The average Bonchev–Trinajstić information content (AvgIpc) is 3.31. The van der Waals surface area contributed by atoms with Crippen molar-refractivity contribution >= 4 is 31.3 Å². The molecule has 0 radical (unpaired) electrons. The highest BCUT2D eigenvalue weighted by Gasteiger charge is 2.20. The van der Waals surface area contributed by atoms with E-state index in [0.717, 1.165) is 43.3 Å². The van der Waals surface area contributed by atoms with Gasteiger partial charge in [0.1, 0.15) is 29.6 Å². The van der Waals surface area contributed by atoms with Gasteiger partial charge in [-0.25, -0.2) is 8.42 Å². The smallest absolute Gasteiger partial charge is 0.181 e. The summed E-state index contributed by atoms with van der Waals surface area (Å²) in [4.78, 5) is 1.24. The lowest BCUT2D eigenvalue weighted by atomic mass is 10.1. The number of fused-ring (bicyclic) bond motifs is 1. The number of hydrogen-bond donors (Lipinski definition) is 0. The Hall–Kier alpha value is -4.01. The van der Waals surface area contributed by atoms with Crippen molar-refractivity contribution in [2.75, 3.05) is 26.6 Å². The number of benzene rings is 4. The Labute approximate surface area is 232 Å². The van der Waals surface area contributed by atoms with E-state index in [2.05, 4.69) is 0 Å². The van der Waals surface area contributed by atoms with Crippen LogP contribution in [0.15, 0.2) is 95.9 Å². The number of ether oxygens (including phenoxy) is 4. The van der Waals surface area contributed by atoms with Crippen molar-refractivity contribution in [1.29, 1.82) is 0 Å². The van der Waals surface area contributed by atoms with Crippen molar-refractivity contribution in [3.05, 3.63) is 96.6 Å². The van der Waals surface area contributed by atoms with E-state index in [4.69, 9.17) is 18.9 Å². The number of aryl methyl sites for hydroxylation is 1. The standard InChI is InChI=1S/C31H28O6S2/c1-21-8-15-25(16-9-21)39(32,33)19-18-36-22-10-12-23(13-11-22)37-30-27-17-14-24(34-2)20-29(27)38-31(30)26-6-4-5-7-28(26)35-3/h4-17,20H,18-19H2,1-3H3. The molecule has 8 heteroatoms. The minimum absolute atomic E-state index is 0.0470. The third kappa shape index (κ3) is 5.87. The first kappa shape index (κ1) is 26.6. The molecule has 5 rings (SSSR count). The van der Waals surface area contributed by atoms with Crippen LogP contribution in [0.1, 0.15) is 5.56 Å². The van der Waals surface area contributed by atoms with Crippen LogP contribution in [0.4, 0.5) is 0 Å². The molecule has 0 unspecified atom stereocenters. The van der Waals surface area contributed by atoms with E-state index in [9.17, 15) is 8.42 Å². The van der Waals surface area contributed by atoms with Crippen molar-refractivity contribution < 1.29 is 27.4 Å². The van der Waals surface area contributed by atoms with E-state index in [0.29, 0.717) is 16.4 Å². The maximum Gasteiger partial charge on any atom is 0.181 e. The molecule has 0 saturated heterocycles. The third-order valence-electron chi connectivity index (χ3n) is 6.25. The van der Waals surface area contributed by atoms with Crippen LogP contribution in [0.3, 0.4) is 0 Å². The van der Waals surface area contributed by atoms with Crippen molar-refractivity contribution in [3.63, 3.8) is 0 Å². The lowest BCUT2D eigenvalue weighted by molar-refractivity contribution is 0.340. The summed E-state index contributed by atoms with van der Waals surface area (Å²) in [7, 11) is -0.119. The van der Waals surface area contributed by atoms with Crippen molar-refractivity contribution in [3.8, 4) is 39.2 Å². The Morgan fingerprint density at radius 3 is 2.18 bits per heavy atom. The Morgan fingerprint density at radius 2 is 1.46 bits per heavy atom. The maximum absolute atomic E-state index is 12.6. The molecule has 0 aliphatic heterocycles. The highest BCUT2D eigenvalue weighted by Crippen LogP contribution is 2.49. The molecule has 6 nitrogen and oxygen atoms in total. The van der Waals surface area contributed by atoms with Gasteiger partial charge in [0.05, 0.1) is 29.7 Å². The second kappa shape index (κ2) is 11.4. The molecule has 0 fully saturated rings. The van der Waals surface area contributed by atoms with Crippen LogP contribution in [-0.2, 0) is 9.84 Å². The summed E-state index contributed by atoms with van der Waals surface area (Å²) >= 11 is 1.60. The Morgan fingerprint density at radius 1 is 0.769 bits per heavy atom. The third-order valence-corrected chi connectivity index (χ3v) is 9.11. The monoisotopic (exact) mass is 560 g/mol.